The van der Waals surface area contributed by atoms with E-state index in [0.717, 1.165) is 6.42 Å². The van der Waals surface area contributed by atoms with Crippen LogP contribution in [-0.2, 0) is 14.3 Å². The van der Waals surface area contributed by atoms with Crippen molar-refractivity contribution in [2.75, 3.05) is 25.1 Å². The van der Waals surface area contributed by atoms with E-state index in [1.807, 2.05) is 0 Å². The zero-order valence-corrected chi connectivity index (χ0v) is 12.6. The number of nitrogens with one attached hydrogen (secondary N) is 1. The molecule has 0 aromatic heterocycles. The fourth-order valence-corrected chi connectivity index (χ4v) is 2.26. The third kappa shape index (κ3) is 4.54. The first-order valence-corrected chi connectivity index (χ1v) is 7.62. The van der Waals surface area contributed by atoms with Gasteiger partial charge in [-0.05, 0) is 24.1 Å². The summed E-state index contributed by atoms with van der Waals surface area (Å²) in [6.07, 6.45) is 0.433. The molecule has 1 saturated heterocycles. The van der Waals surface area contributed by atoms with Crippen LogP contribution in [0.25, 0.3) is 0 Å². The lowest BCUT2D eigenvalue weighted by atomic mass is 10.1. The molecule has 0 saturated carbocycles. The largest absolute Gasteiger partial charge is 0.379 e. The monoisotopic (exact) mass is 345 g/mol. The SMILES string of the molecule is O=C(CBr)NC[C@H](O[C@@H]1CCOC1)c1cccc(F)c1. The third-order valence-electron chi connectivity index (χ3n) is 3.07. The van der Waals surface area contributed by atoms with Gasteiger partial charge in [0.25, 0.3) is 0 Å². The quantitative estimate of drug-likeness (QED) is 0.804. The predicted molar refractivity (Wildman–Crippen MR) is 76.3 cm³/mol. The summed E-state index contributed by atoms with van der Waals surface area (Å²) in [6, 6.07) is 6.25. The molecule has 2 atom stereocenters. The van der Waals surface area contributed by atoms with Crippen LogP contribution in [0.15, 0.2) is 24.3 Å². The van der Waals surface area contributed by atoms with Crippen LogP contribution in [0.5, 0.6) is 0 Å². The van der Waals surface area contributed by atoms with Gasteiger partial charge < -0.3 is 14.8 Å². The summed E-state index contributed by atoms with van der Waals surface area (Å²) in [5.74, 6) is -0.441. The van der Waals surface area contributed by atoms with Crippen molar-refractivity contribution in [2.45, 2.75) is 18.6 Å². The number of hydrogen-bond donors (Lipinski definition) is 1. The minimum atomic E-state index is -0.375. The lowest BCUT2D eigenvalue weighted by Crippen LogP contribution is -2.32. The second kappa shape index (κ2) is 7.71. The molecule has 4 nitrogen and oxygen atoms in total. The highest BCUT2D eigenvalue weighted by Gasteiger charge is 2.23. The van der Waals surface area contributed by atoms with Gasteiger partial charge in [-0.15, -0.1) is 0 Å². The van der Waals surface area contributed by atoms with E-state index in [9.17, 15) is 9.18 Å². The van der Waals surface area contributed by atoms with Gasteiger partial charge in [0.1, 0.15) is 11.9 Å². The highest BCUT2D eigenvalue weighted by Crippen LogP contribution is 2.22. The molecule has 110 valence electrons. The molecule has 0 spiro atoms. The average molecular weight is 346 g/mol. The summed E-state index contributed by atoms with van der Waals surface area (Å²) in [5, 5.41) is 2.98. The van der Waals surface area contributed by atoms with Gasteiger partial charge in [-0.25, -0.2) is 4.39 Å². The highest BCUT2D eigenvalue weighted by atomic mass is 79.9. The van der Waals surface area contributed by atoms with Gasteiger partial charge >= 0.3 is 0 Å². The Morgan fingerprint density at radius 3 is 3.10 bits per heavy atom. The first-order chi connectivity index (χ1) is 9.69. The van der Waals surface area contributed by atoms with Crippen LogP contribution >= 0.6 is 15.9 Å². The van der Waals surface area contributed by atoms with E-state index in [-0.39, 0.29) is 29.3 Å². The Morgan fingerprint density at radius 1 is 1.60 bits per heavy atom. The van der Waals surface area contributed by atoms with Crippen molar-refractivity contribution in [3.63, 3.8) is 0 Å². The molecule has 1 aromatic rings. The molecule has 1 aliphatic rings. The Hall–Kier alpha value is -0.980. The number of alkyl halides is 1. The van der Waals surface area contributed by atoms with E-state index >= 15 is 0 Å². The number of ether oxygens (including phenoxy) is 2. The molecule has 6 heteroatoms. The normalized spacial score (nSPS) is 19.8. The zero-order valence-electron chi connectivity index (χ0n) is 11.0. The summed E-state index contributed by atoms with van der Waals surface area (Å²) in [7, 11) is 0. The molecular weight excluding hydrogens is 329 g/mol. The van der Waals surface area contributed by atoms with Crippen molar-refractivity contribution < 1.29 is 18.7 Å². The van der Waals surface area contributed by atoms with Gasteiger partial charge in [0.2, 0.25) is 5.91 Å². The third-order valence-corrected chi connectivity index (χ3v) is 3.58. The lowest BCUT2D eigenvalue weighted by molar-refractivity contribution is -0.119. The summed E-state index contributed by atoms with van der Waals surface area (Å²) < 4.78 is 24.5. The van der Waals surface area contributed by atoms with Crippen LogP contribution in [0.2, 0.25) is 0 Å². The molecule has 0 radical (unpaired) electrons. The van der Waals surface area contributed by atoms with Gasteiger partial charge in [-0.3, -0.25) is 4.79 Å². The van der Waals surface area contributed by atoms with E-state index in [0.29, 0.717) is 25.3 Å². The number of rotatable bonds is 6. The molecule has 0 aliphatic carbocycles. The van der Waals surface area contributed by atoms with Gasteiger partial charge in [-0.1, -0.05) is 28.1 Å². The van der Waals surface area contributed by atoms with Crippen molar-refractivity contribution in [2.24, 2.45) is 0 Å². The maximum Gasteiger partial charge on any atom is 0.230 e. The summed E-state index contributed by atoms with van der Waals surface area (Å²) in [6.45, 7) is 1.52. The van der Waals surface area contributed by atoms with E-state index < -0.39 is 0 Å². The Labute approximate surface area is 125 Å². The minimum Gasteiger partial charge on any atom is -0.379 e. The van der Waals surface area contributed by atoms with Crippen LogP contribution in [0.4, 0.5) is 4.39 Å². The summed E-state index contributed by atoms with van der Waals surface area (Å²) >= 11 is 3.09. The van der Waals surface area contributed by atoms with Gasteiger partial charge in [0, 0.05) is 13.2 Å². The number of amides is 1. The molecule has 1 aliphatic heterocycles. The van der Waals surface area contributed by atoms with E-state index in [2.05, 4.69) is 21.2 Å². The fraction of sp³-hybridized carbons (Fsp3) is 0.500. The molecule has 1 heterocycles. The first-order valence-electron chi connectivity index (χ1n) is 6.50. The van der Waals surface area contributed by atoms with Crippen LogP contribution in [0.3, 0.4) is 0 Å². The Kier molecular flexibility index (Phi) is 5.94. The van der Waals surface area contributed by atoms with Crippen LogP contribution in [-0.4, -0.2) is 37.1 Å². The van der Waals surface area contributed by atoms with Crippen LogP contribution in [0.1, 0.15) is 18.1 Å². The second-order valence-electron chi connectivity index (χ2n) is 4.60. The standard InChI is InChI=1S/C14H17BrFNO3/c15-7-14(18)17-8-13(20-12-4-5-19-9-12)10-2-1-3-11(16)6-10/h1-3,6,12-13H,4-5,7-9H2,(H,17,18)/t12-,13+/m1/s1. The average Bonchev–Trinajstić information content (AvgIpc) is 2.96. The van der Waals surface area contributed by atoms with E-state index in [1.165, 1.54) is 12.1 Å². The number of carbonyl (C=O) groups excluding carboxylic acids is 1. The second-order valence-corrected chi connectivity index (χ2v) is 5.16. The Balaban J connectivity index is 2.03. The highest BCUT2D eigenvalue weighted by molar-refractivity contribution is 9.09. The van der Waals surface area contributed by atoms with E-state index in [4.69, 9.17) is 9.47 Å². The predicted octanol–water partition coefficient (Wildman–Crippen LogP) is 2.18. The number of benzene rings is 1. The molecule has 0 bridgehead atoms. The Morgan fingerprint density at radius 2 is 2.45 bits per heavy atom. The maximum absolute atomic E-state index is 13.3. The molecule has 2 rings (SSSR count). The molecule has 1 aromatic carbocycles. The van der Waals surface area contributed by atoms with Crippen LogP contribution in [0, 0.1) is 5.82 Å². The maximum atomic E-state index is 13.3. The molecule has 20 heavy (non-hydrogen) atoms. The van der Waals surface area contributed by atoms with Crippen molar-refractivity contribution in [3.8, 4) is 0 Å². The molecule has 1 amide bonds. The Bertz CT molecular complexity index is 452. The number of halogens is 2. The topological polar surface area (TPSA) is 47.6 Å². The van der Waals surface area contributed by atoms with Crippen molar-refractivity contribution in [1.29, 1.82) is 0 Å². The number of hydrogen-bond acceptors (Lipinski definition) is 3. The van der Waals surface area contributed by atoms with Crippen molar-refractivity contribution in [3.05, 3.63) is 35.6 Å². The summed E-state index contributed by atoms with van der Waals surface area (Å²) in [4.78, 5) is 11.3. The molecular formula is C14H17BrFNO3. The molecule has 1 N–H and O–H groups in total. The van der Waals surface area contributed by atoms with Gasteiger partial charge in [0.05, 0.1) is 18.0 Å². The van der Waals surface area contributed by atoms with Crippen LogP contribution < -0.4 is 5.32 Å². The van der Waals surface area contributed by atoms with Crippen molar-refractivity contribution in [1.82, 2.24) is 5.32 Å². The van der Waals surface area contributed by atoms with Gasteiger partial charge in [-0.2, -0.15) is 0 Å². The molecule has 1 fully saturated rings. The first kappa shape index (κ1) is 15.4. The lowest BCUT2D eigenvalue weighted by Gasteiger charge is -2.22. The van der Waals surface area contributed by atoms with E-state index in [1.54, 1.807) is 12.1 Å². The zero-order chi connectivity index (χ0) is 14.4. The fourth-order valence-electron chi connectivity index (χ4n) is 2.06. The van der Waals surface area contributed by atoms with Crippen molar-refractivity contribution >= 4 is 21.8 Å². The molecule has 0 unspecified atom stereocenters. The smallest absolute Gasteiger partial charge is 0.230 e. The number of carbonyl (C=O) groups is 1. The van der Waals surface area contributed by atoms with Gasteiger partial charge in [0.15, 0.2) is 0 Å². The minimum absolute atomic E-state index is 0.0101. The summed E-state index contributed by atoms with van der Waals surface area (Å²) in [5.41, 5.74) is 0.715.